The minimum Gasteiger partial charge on any atom is -0.378 e. The molecule has 0 aliphatic carbocycles. The molecular weight excluding hydrogens is 364 g/mol. The van der Waals surface area contributed by atoms with E-state index in [1.165, 1.54) is 0 Å². The van der Waals surface area contributed by atoms with Gasteiger partial charge in [-0.15, -0.1) is 0 Å². The van der Waals surface area contributed by atoms with Gasteiger partial charge in [-0.25, -0.2) is 0 Å². The summed E-state index contributed by atoms with van der Waals surface area (Å²) in [6.07, 6.45) is 1.80. The first-order valence-corrected chi connectivity index (χ1v) is 9.44. The van der Waals surface area contributed by atoms with Crippen molar-refractivity contribution < 1.29 is 4.79 Å². The summed E-state index contributed by atoms with van der Waals surface area (Å²) in [6, 6.07) is 16.5. The Balaban J connectivity index is 1.53. The highest BCUT2D eigenvalue weighted by Crippen LogP contribution is 2.26. The van der Waals surface area contributed by atoms with Crippen LogP contribution in [0, 0.1) is 6.92 Å². The Morgan fingerprint density at radius 2 is 1.79 bits per heavy atom. The van der Waals surface area contributed by atoms with E-state index in [2.05, 4.69) is 56.8 Å². The Labute approximate surface area is 169 Å². The van der Waals surface area contributed by atoms with Crippen LogP contribution in [0.4, 0.5) is 11.5 Å². The molecule has 7 heteroatoms. The van der Waals surface area contributed by atoms with Crippen LogP contribution in [-0.4, -0.2) is 39.6 Å². The average molecular weight is 388 g/mol. The van der Waals surface area contributed by atoms with Crippen molar-refractivity contribution in [3.8, 4) is 11.1 Å². The van der Waals surface area contributed by atoms with E-state index in [-0.39, 0.29) is 12.5 Å². The van der Waals surface area contributed by atoms with Crippen LogP contribution in [0.2, 0.25) is 0 Å². The summed E-state index contributed by atoms with van der Waals surface area (Å²) in [5.74, 6) is 0.536. The molecule has 0 spiro atoms. The fourth-order valence-corrected chi connectivity index (χ4v) is 3.39. The Kier molecular flexibility index (Phi) is 4.80. The lowest BCUT2D eigenvalue weighted by atomic mass is 10.0. The minimum atomic E-state index is -0.138. The standard InChI is InChI=1S/C22H24N6O/c1-15-11-21(27(4)25-15)24-22(29)14-28-20-10-7-17(12-18(20)13-23-28)16-5-8-19(9-6-16)26(2)3/h5-13H,14H2,1-4H3,(H,24,29). The van der Waals surface area contributed by atoms with Crippen molar-refractivity contribution in [1.29, 1.82) is 0 Å². The number of anilines is 2. The maximum Gasteiger partial charge on any atom is 0.247 e. The Hall–Kier alpha value is -3.61. The van der Waals surface area contributed by atoms with Crippen LogP contribution >= 0.6 is 0 Å². The van der Waals surface area contributed by atoms with Gasteiger partial charge in [-0.2, -0.15) is 10.2 Å². The fraction of sp³-hybridized carbons (Fsp3) is 0.227. The smallest absolute Gasteiger partial charge is 0.247 e. The van der Waals surface area contributed by atoms with E-state index in [0.29, 0.717) is 5.82 Å². The van der Waals surface area contributed by atoms with E-state index in [4.69, 9.17) is 0 Å². The largest absolute Gasteiger partial charge is 0.378 e. The van der Waals surface area contributed by atoms with Gasteiger partial charge in [0.15, 0.2) is 0 Å². The fourth-order valence-electron chi connectivity index (χ4n) is 3.39. The normalized spacial score (nSPS) is 11.0. The molecule has 0 aliphatic heterocycles. The number of amides is 1. The van der Waals surface area contributed by atoms with Gasteiger partial charge in [-0.1, -0.05) is 18.2 Å². The number of hydrogen-bond donors (Lipinski definition) is 1. The molecule has 1 N–H and O–H groups in total. The zero-order valence-electron chi connectivity index (χ0n) is 17.0. The molecule has 0 aliphatic rings. The molecule has 0 saturated heterocycles. The first-order valence-electron chi connectivity index (χ1n) is 9.44. The zero-order chi connectivity index (χ0) is 20.5. The molecule has 0 saturated carbocycles. The molecule has 0 bridgehead atoms. The summed E-state index contributed by atoms with van der Waals surface area (Å²) in [7, 11) is 5.86. The van der Waals surface area contributed by atoms with Crippen molar-refractivity contribution in [2.75, 3.05) is 24.3 Å². The third kappa shape index (κ3) is 3.85. The Bertz CT molecular complexity index is 1170. The molecule has 2 heterocycles. The van der Waals surface area contributed by atoms with Gasteiger partial charge in [0.25, 0.3) is 0 Å². The number of hydrogen-bond acceptors (Lipinski definition) is 4. The number of nitrogens with one attached hydrogen (secondary N) is 1. The van der Waals surface area contributed by atoms with Gasteiger partial charge in [0.05, 0.1) is 17.4 Å². The van der Waals surface area contributed by atoms with Crippen LogP contribution in [0.3, 0.4) is 0 Å². The Morgan fingerprint density at radius 3 is 2.45 bits per heavy atom. The Morgan fingerprint density at radius 1 is 1.07 bits per heavy atom. The average Bonchev–Trinajstić information content (AvgIpc) is 3.23. The zero-order valence-corrected chi connectivity index (χ0v) is 17.0. The molecule has 4 rings (SSSR count). The quantitative estimate of drug-likeness (QED) is 0.569. The third-order valence-electron chi connectivity index (χ3n) is 4.92. The van der Waals surface area contributed by atoms with E-state index in [0.717, 1.165) is 33.4 Å². The lowest BCUT2D eigenvalue weighted by molar-refractivity contribution is -0.116. The molecule has 0 unspecified atom stereocenters. The number of carbonyl (C=O) groups is 1. The minimum absolute atomic E-state index is 0.138. The molecular formula is C22H24N6O. The highest BCUT2D eigenvalue weighted by molar-refractivity contribution is 5.91. The first-order chi connectivity index (χ1) is 13.9. The predicted octanol–water partition coefficient (Wildman–Crippen LogP) is 3.45. The molecule has 1 amide bonds. The molecule has 0 fully saturated rings. The van der Waals surface area contributed by atoms with Gasteiger partial charge in [-0.05, 0) is 42.3 Å². The predicted molar refractivity (Wildman–Crippen MR) is 116 cm³/mol. The van der Waals surface area contributed by atoms with Crippen molar-refractivity contribution in [3.05, 3.63) is 60.4 Å². The number of benzene rings is 2. The summed E-state index contributed by atoms with van der Waals surface area (Å²) >= 11 is 0. The highest BCUT2D eigenvalue weighted by Gasteiger charge is 2.11. The molecule has 7 nitrogen and oxygen atoms in total. The molecule has 0 atom stereocenters. The van der Waals surface area contributed by atoms with Crippen molar-refractivity contribution in [2.45, 2.75) is 13.5 Å². The van der Waals surface area contributed by atoms with Crippen LogP contribution in [-0.2, 0) is 18.4 Å². The van der Waals surface area contributed by atoms with Crippen molar-refractivity contribution in [3.63, 3.8) is 0 Å². The summed E-state index contributed by atoms with van der Waals surface area (Å²) in [5.41, 5.74) is 5.22. The van der Waals surface area contributed by atoms with Gasteiger partial charge in [0.1, 0.15) is 12.4 Å². The number of rotatable bonds is 5. The van der Waals surface area contributed by atoms with Gasteiger partial charge >= 0.3 is 0 Å². The van der Waals surface area contributed by atoms with Crippen LogP contribution in [0.5, 0.6) is 0 Å². The second-order valence-corrected chi connectivity index (χ2v) is 7.36. The third-order valence-corrected chi connectivity index (χ3v) is 4.92. The number of nitrogens with zero attached hydrogens (tertiary/aromatic N) is 5. The van der Waals surface area contributed by atoms with Crippen molar-refractivity contribution in [2.24, 2.45) is 7.05 Å². The SMILES string of the molecule is Cc1cc(NC(=O)Cn2ncc3cc(-c4ccc(N(C)C)cc4)ccc32)n(C)n1. The number of carbonyl (C=O) groups excluding carboxylic acids is 1. The molecule has 29 heavy (non-hydrogen) atoms. The molecule has 4 aromatic rings. The van der Waals surface area contributed by atoms with Crippen molar-refractivity contribution in [1.82, 2.24) is 19.6 Å². The number of aryl methyl sites for hydroxylation is 2. The van der Waals surface area contributed by atoms with Crippen molar-refractivity contribution >= 4 is 28.3 Å². The maximum atomic E-state index is 12.4. The van der Waals surface area contributed by atoms with E-state index in [1.807, 2.05) is 33.2 Å². The second-order valence-electron chi connectivity index (χ2n) is 7.36. The maximum absolute atomic E-state index is 12.4. The topological polar surface area (TPSA) is 68.0 Å². The van der Waals surface area contributed by atoms with Gasteiger partial charge in [0, 0.05) is 38.3 Å². The lowest BCUT2D eigenvalue weighted by Gasteiger charge is -2.12. The monoisotopic (exact) mass is 388 g/mol. The number of fused-ring (bicyclic) bond motifs is 1. The van der Waals surface area contributed by atoms with Crippen LogP contribution in [0.1, 0.15) is 5.69 Å². The number of aromatic nitrogens is 4. The van der Waals surface area contributed by atoms with Crippen LogP contribution in [0.15, 0.2) is 54.7 Å². The highest BCUT2D eigenvalue weighted by atomic mass is 16.2. The van der Waals surface area contributed by atoms with Crippen LogP contribution in [0.25, 0.3) is 22.0 Å². The summed E-state index contributed by atoms with van der Waals surface area (Å²) < 4.78 is 3.37. The van der Waals surface area contributed by atoms with E-state index in [9.17, 15) is 4.79 Å². The van der Waals surface area contributed by atoms with Gasteiger partial charge < -0.3 is 10.2 Å². The summed E-state index contributed by atoms with van der Waals surface area (Å²) in [6.45, 7) is 2.03. The van der Waals surface area contributed by atoms with E-state index in [1.54, 1.807) is 22.6 Å². The summed E-state index contributed by atoms with van der Waals surface area (Å²) in [5, 5.41) is 12.5. The molecule has 0 radical (unpaired) electrons. The molecule has 2 aromatic heterocycles. The summed E-state index contributed by atoms with van der Waals surface area (Å²) in [4.78, 5) is 14.5. The van der Waals surface area contributed by atoms with Gasteiger partial charge in [0.2, 0.25) is 5.91 Å². The van der Waals surface area contributed by atoms with E-state index >= 15 is 0 Å². The molecule has 148 valence electrons. The van der Waals surface area contributed by atoms with E-state index < -0.39 is 0 Å². The first kappa shape index (κ1) is 18.7. The molecule has 2 aromatic carbocycles. The van der Waals surface area contributed by atoms with Gasteiger partial charge in [-0.3, -0.25) is 14.2 Å². The van der Waals surface area contributed by atoms with Crippen LogP contribution < -0.4 is 10.2 Å². The lowest BCUT2D eigenvalue weighted by Crippen LogP contribution is -2.20. The second kappa shape index (κ2) is 7.43.